The average Bonchev–Trinajstić information content (AvgIpc) is 2.14. The van der Waals surface area contributed by atoms with Crippen molar-refractivity contribution in [3.05, 3.63) is 28.5 Å². The van der Waals surface area contributed by atoms with E-state index >= 15 is 0 Å². The summed E-state index contributed by atoms with van der Waals surface area (Å²) in [5.41, 5.74) is 1.34. The number of amides is 1. The molecule has 1 amide bonds. The Balaban J connectivity index is 3.01. The van der Waals surface area contributed by atoms with Crippen molar-refractivity contribution in [3.8, 4) is 0 Å². The summed E-state index contributed by atoms with van der Waals surface area (Å²) < 4.78 is 0. The molecule has 1 rings (SSSR count). The van der Waals surface area contributed by atoms with Gasteiger partial charge >= 0.3 is 0 Å². The quantitative estimate of drug-likeness (QED) is 0.704. The molecule has 0 saturated heterocycles. The molecule has 0 unspecified atom stereocenters. The van der Waals surface area contributed by atoms with E-state index in [2.05, 4.69) is 4.98 Å². The van der Waals surface area contributed by atoms with Crippen LogP contribution in [0.1, 0.15) is 23.0 Å². The fourth-order valence-corrected chi connectivity index (χ4v) is 1.37. The Bertz CT molecular complexity index is 332. The monoisotopic (exact) mass is 212 g/mol. The molecular formula is C10H13ClN2O. The van der Waals surface area contributed by atoms with Gasteiger partial charge in [-0.05, 0) is 26.0 Å². The number of aromatic nitrogens is 1. The zero-order valence-electron chi connectivity index (χ0n) is 8.54. The van der Waals surface area contributed by atoms with Crippen LogP contribution in [0.3, 0.4) is 0 Å². The summed E-state index contributed by atoms with van der Waals surface area (Å²) in [4.78, 5) is 17.3. The maximum Gasteiger partial charge on any atom is 0.253 e. The zero-order chi connectivity index (χ0) is 10.7. The Morgan fingerprint density at radius 3 is 2.71 bits per heavy atom. The maximum absolute atomic E-state index is 11.7. The molecule has 0 aliphatic carbocycles. The molecule has 0 atom stereocenters. The molecule has 14 heavy (non-hydrogen) atoms. The molecule has 0 radical (unpaired) electrons. The Labute approximate surface area is 88.7 Å². The van der Waals surface area contributed by atoms with Gasteiger partial charge in [-0.3, -0.25) is 4.79 Å². The van der Waals surface area contributed by atoms with Crippen LogP contribution in [-0.4, -0.2) is 29.4 Å². The van der Waals surface area contributed by atoms with Crippen LogP contribution in [-0.2, 0) is 0 Å². The van der Waals surface area contributed by atoms with E-state index in [1.54, 1.807) is 24.1 Å². The predicted molar refractivity (Wildman–Crippen MR) is 56.6 cm³/mol. The Hall–Kier alpha value is -1.09. The van der Waals surface area contributed by atoms with Crippen molar-refractivity contribution in [2.24, 2.45) is 0 Å². The van der Waals surface area contributed by atoms with E-state index in [0.717, 1.165) is 5.69 Å². The first-order valence-electron chi connectivity index (χ1n) is 4.44. The third-order valence-corrected chi connectivity index (χ3v) is 2.18. The smallest absolute Gasteiger partial charge is 0.253 e. The number of hydrogen-bond donors (Lipinski definition) is 0. The Morgan fingerprint density at radius 2 is 2.21 bits per heavy atom. The van der Waals surface area contributed by atoms with E-state index in [4.69, 9.17) is 11.6 Å². The van der Waals surface area contributed by atoms with E-state index in [9.17, 15) is 4.79 Å². The summed E-state index contributed by atoms with van der Waals surface area (Å²) in [6, 6.07) is 3.32. The summed E-state index contributed by atoms with van der Waals surface area (Å²) in [6.07, 6.45) is 0. The number of aryl methyl sites for hydroxylation is 1. The van der Waals surface area contributed by atoms with Gasteiger partial charge in [0.05, 0.1) is 0 Å². The van der Waals surface area contributed by atoms with E-state index in [-0.39, 0.29) is 5.91 Å². The highest BCUT2D eigenvalue weighted by Crippen LogP contribution is 2.11. The lowest BCUT2D eigenvalue weighted by Crippen LogP contribution is -2.26. The molecular weight excluding hydrogens is 200 g/mol. The summed E-state index contributed by atoms with van der Waals surface area (Å²) in [5, 5.41) is 0.359. The molecule has 0 N–H and O–H groups in total. The lowest BCUT2D eigenvalue weighted by atomic mass is 10.2. The number of halogens is 1. The first-order chi connectivity index (χ1) is 6.54. The number of carbonyl (C=O) groups excluding carboxylic acids is 1. The molecule has 0 bridgehead atoms. The highest BCUT2D eigenvalue weighted by atomic mass is 35.5. The van der Waals surface area contributed by atoms with E-state index < -0.39 is 0 Å². The summed E-state index contributed by atoms with van der Waals surface area (Å²) in [6.45, 7) is 4.42. The normalized spacial score (nSPS) is 10.0. The minimum Gasteiger partial charge on any atom is -0.342 e. The standard InChI is InChI=1S/C10H13ClN2O/c1-4-13(3)10(14)8-5-7(2)12-9(11)6-8/h5-6H,4H2,1-3H3. The van der Waals surface area contributed by atoms with Crippen molar-refractivity contribution in [3.63, 3.8) is 0 Å². The van der Waals surface area contributed by atoms with Crippen molar-refractivity contribution in [2.45, 2.75) is 13.8 Å². The van der Waals surface area contributed by atoms with Gasteiger partial charge in [0.15, 0.2) is 0 Å². The van der Waals surface area contributed by atoms with Crippen molar-refractivity contribution >= 4 is 17.5 Å². The maximum atomic E-state index is 11.7. The largest absolute Gasteiger partial charge is 0.342 e. The van der Waals surface area contributed by atoms with Crippen LogP contribution >= 0.6 is 11.6 Å². The van der Waals surface area contributed by atoms with Crippen LogP contribution < -0.4 is 0 Å². The van der Waals surface area contributed by atoms with Crippen molar-refractivity contribution in [1.29, 1.82) is 0 Å². The molecule has 1 aromatic rings. The van der Waals surface area contributed by atoms with Crippen molar-refractivity contribution in [1.82, 2.24) is 9.88 Å². The molecule has 4 heteroatoms. The van der Waals surface area contributed by atoms with E-state index in [1.807, 2.05) is 13.8 Å². The molecule has 0 aliphatic rings. The molecule has 0 aliphatic heterocycles. The molecule has 0 fully saturated rings. The van der Waals surface area contributed by atoms with Gasteiger partial charge in [-0.25, -0.2) is 4.98 Å². The number of carbonyl (C=O) groups is 1. The number of pyridine rings is 1. The molecule has 0 aromatic carbocycles. The average molecular weight is 213 g/mol. The Morgan fingerprint density at radius 1 is 1.57 bits per heavy atom. The molecule has 0 saturated carbocycles. The van der Waals surface area contributed by atoms with Crippen molar-refractivity contribution in [2.75, 3.05) is 13.6 Å². The van der Waals surface area contributed by atoms with E-state index in [0.29, 0.717) is 17.3 Å². The fraction of sp³-hybridized carbons (Fsp3) is 0.400. The summed E-state index contributed by atoms with van der Waals surface area (Å²) >= 11 is 5.76. The minimum atomic E-state index is -0.0279. The minimum absolute atomic E-state index is 0.0279. The molecule has 1 heterocycles. The fourth-order valence-electron chi connectivity index (χ4n) is 1.12. The van der Waals surface area contributed by atoms with Crippen LogP contribution in [0.5, 0.6) is 0 Å². The molecule has 0 spiro atoms. The van der Waals surface area contributed by atoms with Crippen LogP contribution in [0.25, 0.3) is 0 Å². The van der Waals surface area contributed by atoms with Gasteiger partial charge in [-0.15, -0.1) is 0 Å². The third kappa shape index (κ3) is 2.45. The van der Waals surface area contributed by atoms with Crippen LogP contribution in [0, 0.1) is 6.92 Å². The van der Waals surface area contributed by atoms with Gasteiger partial charge in [0.25, 0.3) is 5.91 Å². The van der Waals surface area contributed by atoms with Gasteiger partial charge in [0.2, 0.25) is 0 Å². The second-order valence-electron chi connectivity index (χ2n) is 3.14. The van der Waals surface area contributed by atoms with Gasteiger partial charge in [-0.2, -0.15) is 0 Å². The lowest BCUT2D eigenvalue weighted by molar-refractivity contribution is 0.0802. The SMILES string of the molecule is CCN(C)C(=O)c1cc(C)nc(Cl)c1. The third-order valence-electron chi connectivity index (χ3n) is 1.99. The van der Waals surface area contributed by atoms with Gasteiger partial charge < -0.3 is 4.90 Å². The highest BCUT2D eigenvalue weighted by Gasteiger charge is 2.11. The zero-order valence-corrected chi connectivity index (χ0v) is 9.30. The van der Waals surface area contributed by atoms with Crippen molar-refractivity contribution < 1.29 is 4.79 Å². The van der Waals surface area contributed by atoms with E-state index in [1.165, 1.54) is 0 Å². The topological polar surface area (TPSA) is 33.2 Å². The lowest BCUT2D eigenvalue weighted by Gasteiger charge is -2.14. The molecule has 76 valence electrons. The summed E-state index contributed by atoms with van der Waals surface area (Å²) in [7, 11) is 1.76. The highest BCUT2D eigenvalue weighted by molar-refractivity contribution is 6.29. The first-order valence-corrected chi connectivity index (χ1v) is 4.82. The summed E-state index contributed by atoms with van der Waals surface area (Å²) in [5.74, 6) is -0.0279. The van der Waals surface area contributed by atoms with Crippen LogP contribution in [0.4, 0.5) is 0 Å². The second kappa shape index (κ2) is 4.42. The Kier molecular flexibility index (Phi) is 3.47. The number of rotatable bonds is 2. The number of nitrogens with zero attached hydrogens (tertiary/aromatic N) is 2. The first kappa shape index (κ1) is 11.0. The molecule has 1 aromatic heterocycles. The van der Waals surface area contributed by atoms with Gasteiger partial charge in [0.1, 0.15) is 5.15 Å². The number of hydrogen-bond acceptors (Lipinski definition) is 2. The van der Waals surface area contributed by atoms with Crippen LogP contribution in [0.15, 0.2) is 12.1 Å². The van der Waals surface area contributed by atoms with Gasteiger partial charge in [0, 0.05) is 24.8 Å². The molecule has 3 nitrogen and oxygen atoms in total. The second-order valence-corrected chi connectivity index (χ2v) is 3.53. The predicted octanol–water partition coefficient (Wildman–Crippen LogP) is 2.14. The van der Waals surface area contributed by atoms with Crippen LogP contribution in [0.2, 0.25) is 5.15 Å². The van der Waals surface area contributed by atoms with Gasteiger partial charge in [-0.1, -0.05) is 11.6 Å².